The predicted octanol–water partition coefficient (Wildman–Crippen LogP) is 1.05. The number of nitro groups is 1. The summed E-state index contributed by atoms with van der Waals surface area (Å²) in [6, 6.07) is 1.08. The molecule has 0 unspecified atom stereocenters. The molecule has 10 heteroatoms. The van der Waals surface area contributed by atoms with Gasteiger partial charge in [-0.1, -0.05) is 0 Å². The molecule has 2 aromatic rings. The molecule has 20 heavy (non-hydrogen) atoms. The minimum absolute atomic E-state index is 0.0156. The average Bonchev–Trinajstić information content (AvgIpc) is 2.79. The van der Waals surface area contributed by atoms with Crippen molar-refractivity contribution in [2.24, 2.45) is 0 Å². The fourth-order valence-corrected chi connectivity index (χ4v) is 1.66. The van der Waals surface area contributed by atoms with Gasteiger partial charge in [-0.25, -0.2) is 4.63 Å². The summed E-state index contributed by atoms with van der Waals surface area (Å²) in [7, 11) is 0. The van der Waals surface area contributed by atoms with Crippen molar-refractivity contribution < 1.29 is 19.1 Å². The Morgan fingerprint density at radius 3 is 2.35 bits per heavy atom. The molecule has 1 aromatic heterocycles. The lowest BCUT2D eigenvalue weighted by Gasteiger charge is -2.07. The maximum Gasteiger partial charge on any atom is 0.297 e. The number of anilines is 2. The molecule has 2 rings (SSSR count). The predicted molar refractivity (Wildman–Crippen MR) is 67.1 cm³/mol. The molecular weight excluding hydrogens is 270 g/mol. The molecule has 2 N–H and O–H groups in total. The number of rotatable bonds is 3. The van der Waals surface area contributed by atoms with Crippen molar-refractivity contribution in [3.63, 3.8) is 0 Å². The van der Waals surface area contributed by atoms with Gasteiger partial charge in [-0.2, -0.15) is 0 Å². The number of benzene rings is 1. The van der Waals surface area contributed by atoms with Gasteiger partial charge in [-0.15, -0.1) is 0 Å². The molecule has 0 saturated carbocycles. The maximum atomic E-state index is 11.1. The van der Waals surface area contributed by atoms with Crippen LogP contribution in [-0.2, 0) is 9.59 Å². The van der Waals surface area contributed by atoms with E-state index in [9.17, 15) is 19.7 Å². The molecule has 0 aliphatic heterocycles. The Morgan fingerprint density at radius 2 is 1.80 bits per heavy atom. The molecule has 2 amide bonds. The summed E-state index contributed by atoms with van der Waals surface area (Å²) in [6.45, 7) is 2.44. The Bertz CT molecular complexity index is 722. The molecule has 0 radical (unpaired) electrons. The van der Waals surface area contributed by atoms with Gasteiger partial charge in [0.2, 0.25) is 11.8 Å². The van der Waals surface area contributed by atoms with Gasteiger partial charge in [-0.05, 0) is 10.3 Å². The summed E-state index contributed by atoms with van der Waals surface area (Å²) in [4.78, 5) is 32.6. The smallest absolute Gasteiger partial charge is 0.297 e. The number of nitro benzene ring substituents is 1. The lowest BCUT2D eigenvalue weighted by atomic mass is 10.2. The molecular formula is C10H9N5O5. The van der Waals surface area contributed by atoms with Crippen LogP contribution in [0.2, 0.25) is 0 Å². The van der Waals surface area contributed by atoms with Crippen LogP contribution in [0.15, 0.2) is 10.7 Å². The summed E-state index contributed by atoms with van der Waals surface area (Å²) in [6.07, 6.45) is 0. The molecule has 104 valence electrons. The van der Waals surface area contributed by atoms with Crippen molar-refractivity contribution in [3.05, 3.63) is 16.2 Å². The number of nitrogens with zero attached hydrogens (tertiary/aromatic N) is 3. The first-order valence-corrected chi connectivity index (χ1v) is 5.39. The van der Waals surface area contributed by atoms with Crippen molar-refractivity contribution in [2.75, 3.05) is 10.6 Å². The van der Waals surface area contributed by atoms with E-state index in [0.29, 0.717) is 0 Å². The zero-order valence-electron chi connectivity index (χ0n) is 10.5. The summed E-state index contributed by atoms with van der Waals surface area (Å²) in [5.74, 6) is -0.944. The first-order valence-electron chi connectivity index (χ1n) is 5.39. The van der Waals surface area contributed by atoms with E-state index < -0.39 is 22.4 Å². The van der Waals surface area contributed by atoms with E-state index >= 15 is 0 Å². The van der Waals surface area contributed by atoms with E-state index in [4.69, 9.17) is 0 Å². The molecule has 0 bridgehead atoms. The molecule has 0 saturated heterocycles. The Labute approximate surface area is 111 Å². The topological polar surface area (TPSA) is 140 Å². The van der Waals surface area contributed by atoms with E-state index in [1.165, 1.54) is 13.8 Å². The fourth-order valence-electron chi connectivity index (χ4n) is 1.66. The van der Waals surface area contributed by atoms with E-state index in [1.54, 1.807) is 0 Å². The molecule has 10 nitrogen and oxygen atoms in total. The Balaban J connectivity index is 2.73. The molecule has 0 aliphatic carbocycles. The summed E-state index contributed by atoms with van der Waals surface area (Å²) in [5.41, 5.74) is -0.387. The monoisotopic (exact) mass is 279 g/mol. The van der Waals surface area contributed by atoms with Crippen molar-refractivity contribution in [2.45, 2.75) is 13.8 Å². The molecule has 1 aromatic carbocycles. The van der Waals surface area contributed by atoms with Gasteiger partial charge in [0.1, 0.15) is 0 Å². The Kier molecular flexibility index (Phi) is 3.29. The van der Waals surface area contributed by atoms with E-state index in [2.05, 4.69) is 25.6 Å². The number of fused-ring (bicyclic) bond motifs is 1. The minimum atomic E-state index is -0.704. The van der Waals surface area contributed by atoms with Crippen LogP contribution in [-0.4, -0.2) is 27.1 Å². The van der Waals surface area contributed by atoms with Crippen LogP contribution < -0.4 is 10.6 Å². The van der Waals surface area contributed by atoms with Gasteiger partial charge < -0.3 is 10.6 Å². The summed E-state index contributed by atoms with van der Waals surface area (Å²) in [5, 5.41) is 22.9. The third-order valence-electron chi connectivity index (χ3n) is 2.33. The van der Waals surface area contributed by atoms with Crippen LogP contribution in [0.25, 0.3) is 11.0 Å². The lowest BCUT2D eigenvalue weighted by molar-refractivity contribution is -0.383. The molecule has 0 spiro atoms. The number of amides is 2. The minimum Gasteiger partial charge on any atom is -0.324 e. The van der Waals surface area contributed by atoms with Crippen LogP contribution in [0.5, 0.6) is 0 Å². The standard InChI is InChI=1S/C10H9N5O5/c1-4(16)11-6-3-7(15(18)19)9(12-5(2)17)10-8(6)13-20-14-10/h3H,1-2H3,(H,11,16)(H,12,17). The first kappa shape index (κ1) is 13.4. The molecule has 0 fully saturated rings. The first-order chi connectivity index (χ1) is 9.40. The third kappa shape index (κ3) is 2.39. The normalized spacial score (nSPS) is 10.3. The average molecular weight is 279 g/mol. The lowest BCUT2D eigenvalue weighted by Crippen LogP contribution is -2.11. The van der Waals surface area contributed by atoms with Gasteiger partial charge >= 0.3 is 0 Å². The summed E-state index contributed by atoms with van der Waals surface area (Å²) >= 11 is 0. The van der Waals surface area contributed by atoms with Crippen molar-refractivity contribution in [1.82, 2.24) is 10.3 Å². The fraction of sp³-hybridized carbons (Fsp3) is 0.200. The molecule has 1 heterocycles. The van der Waals surface area contributed by atoms with Crippen LogP contribution in [0.4, 0.5) is 17.1 Å². The van der Waals surface area contributed by atoms with Crippen molar-refractivity contribution >= 4 is 39.9 Å². The molecule has 0 atom stereocenters. The third-order valence-corrected chi connectivity index (χ3v) is 2.33. The largest absolute Gasteiger partial charge is 0.324 e. The number of carbonyl (C=O) groups is 2. The second-order valence-electron chi connectivity index (χ2n) is 3.90. The van der Waals surface area contributed by atoms with Crippen molar-refractivity contribution in [1.29, 1.82) is 0 Å². The Morgan fingerprint density at radius 1 is 1.20 bits per heavy atom. The highest BCUT2D eigenvalue weighted by Crippen LogP contribution is 2.36. The second kappa shape index (κ2) is 4.91. The zero-order chi connectivity index (χ0) is 14.9. The van der Waals surface area contributed by atoms with Gasteiger partial charge in [0.05, 0.1) is 10.6 Å². The highest BCUT2D eigenvalue weighted by molar-refractivity contribution is 6.08. The second-order valence-corrected chi connectivity index (χ2v) is 3.90. The van der Waals surface area contributed by atoms with Crippen LogP contribution >= 0.6 is 0 Å². The van der Waals surface area contributed by atoms with Crippen LogP contribution in [0.3, 0.4) is 0 Å². The SMILES string of the molecule is CC(=O)Nc1cc([N+](=O)[O-])c(NC(C)=O)c2nonc12. The van der Waals surface area contributed by atoms with E-state index in [-0.39, 0.29) is 22.4 Å². The van der Waals surface area contributed by atoms with Crippen LogP contribution in [0, 0.1) is 10.1 Å². The van der Waals surface area contributed by atoms with Gasteiger partial charge in [0, 0.05) is 19.9 Å². The van der Waals surface area contributed by atoms with Gasteiger partial charge in [0.15, 0.2) is 16.7 Å². The number of aromatic nitrogens is 2. The highest BCUT2D eigenvalue weighted by Gasteiger charge is 2.25. The zero-order valence-corrected chi connectivity index (χ0v) is 10.5. The molecule has 0 aliphatic rings. The van der Waals surface area contributed by atoms with Gasteiger partial charge in [0.25, 0.3) is 5.69 Å². The number of hydrogen-bond donors (Lipinski definition) is 2. The number of carbonyl (C=O) groups excluding carboxylic acids is 2. The van der Waals surface area contributed by atoms with E-state index in [1.807, 2.05) is 0 Å². The van der Waals surface area contributed by atoms with Crippen LogP contribution in [0.1, 0.15) is 13.8 Å². The van der Waals surface area contributed by atoms with Gasteiger partial charge in [-0.3, -0.25) is 19.7 Å². The maximum absolute atomic E-state index is 11.1. The summed E-state index contributed by atoms with van der Waals surface area (Å²) < 4.78 is 4.52. The van der Waals surface area contributed by atoms with E-state index in [0.717, 1.165) is 6.07 Å². The number of hydrogen-bond acceptors (Lipinski definition) is 7. The quantitative estimate of drug-likeness (QED) is 0.631. The van der Waals surface area contributed by atoms with Crippen molar-refractivity contribution in [3.8, 4) is 0 Å². The number of nitrogens with one attached hydrogen (secondary N) is 2. The highest BCUT2D eigenvalue weighted by atomic mass is 16.6. The Hall–Kier alpha value is -3.04.